The molecule has 2 heteroatoms. The highest BCUT2D eigenvalue weighted by atomic mass is 16.5. The number of rotatable bonds is 3. The Morgan fingerprint density at radius 2 is 2.14 bits per heavy atom. The average molecular weight is 191 g/mol. The molecule has 1 atom stereocenters. The number of hydrogen-bond acceptors (Lipinski definition) is 2. The number of hydrogen-bond donors (Lipinski definition) is 1. The van der Waals surface area contributed by atoms with Gasteiger partial charge in [-0.1, -0.05) is 18.2 Å². The average Bonchev–Trinajstić information content (AvgIpc) is 2.66. The molecule has 14 heavy (non-hydrogen) atoms. The molecule has 0 amide bonds. The Labute approximate surface area is 85.1 Å². The van der Waals surface area contributed by atoms with E-state index >= 15 is 0 Å². The van der Waals surface area contributed by atoms with Gasteiger partial charge in [0.25, 0.3) is 0 Å². The van der Waals surface area contributed by atoms with Gasteiger partial charge in [-0.05, 0) is 36.0 Å². The summed E-state index contributed by atoms with van der Waals surface area (Å²) in [5.74, 6) is 0. The fraction of sp³-hybridized carbons (Fsp3) is 0.500. The predicted octanol–water partition coefficient (Wildman–Crippen LogP) is 1.82. The molecule has 76 valence electrons. The molecule has 0 bridgehead atoms. The van der Waals surface area contributed by atoms with E-state index in [-0.39, 0.29) is 6.10 Å². The molecule has 0 aliphatic heterocycles. The van der Waals surface area contributed by atoms with E-state index in [1.165, 1.54) is 36.0 Å². The van der Waals surface area contributed by atoms with E-state index in [0.29, 0.717) is 6.54 Å². The van der Waals surface area contributed by atoms with Crippen molar-refractivity contribution in [3.63, 3.8) is 0 Å². The maximum atomic E-state index is 5.64. The minimum Gasteiger partial charge on any atom is -0.375 e. The first-order chi connectivity index (χ1) is 6.85. The monoisotopic (exact) mass is 191 g/mol. The molecule has 2 N–H and O–H groups in total. The van der Waals surface area contributed by atoms with Crippen molar-refractivity contribution in [3.05, 3.63) is 34.9 Å². The van der Waals surface area contributed by atoms with Crippen molar-refractivity contribution in [2.75, 3.05) is 13.7 Å². The van der Waals surface area contributed by atoms with Crippen molar-refractivity contribution in [3.8, 4) is 0 Å². The predicted molar refractivity (Wildman–Crippen MR) is 57.3 cm³/mol. The Bertz CT molecular complexity index is 318. The molecular weight excluding hydrogens is 174 g/mol. The van der Waals surface area contributed by atoms with Crippen LogP contribution in [0.4, 0.5) is 0 Å². The van der Waals surface area contributed by atoms with E-state index in [1.807, 2.05) is 0 Å². The summed E-state index contributed by atoms with van der Waals surface area (Å²) in [6.45, 7) is 0.551. The number of methoxy groups -OCH3 is 1. The molecule has 1 aromatic rings. The first kappa shape index (κ1) is 9.69. The third-order valence-corrected chi connectivity index (χ3v) is 2.99. The van der Waals surface area contributed by atoms with Crippen molar-refractivity contribution in [1.29, 1.82) is 0 Å². The lowest BCUT2D eigenvalue weighted by atomic mass is 10.0. The van der Waals surface area contributed by atoms with Crippen LogP contribution in [0, 0.1) is 0 Å². The molecule has 1 aliphatic carbocycles. The molecular formula is C12H17NO. The minimum absolute atomic E-state index is 0.0564. The van der Waals surface area contributed by atoms with Crippen molar-refractivity contribution in [2.45, 2.75) is 25.4 Å². The van der Waals surface area contributed by atoms with Crippen LogP contribution in [0.15, 0.2) is 18.2 Å². The summed E-state index contributed by atoms with van der Waals surface area (Å²) >= 11 is 0. The molecule has 1 unspecified atom stereocenters. The summed E-state index contributed by atoms with van der Waals surface area (Å²) < 4.78 is 5.32. The lowest BCUT2D eigenvalue weighted by Gasteiger charge is -2.14. The van der Waals surface area contributed by atoms with Crippen molar-refractivity contribution < 1.29 is 4.74 Å². The van der Waals surface area contributed by atoms with Crippen LogP contribution in [0.1, 0.15) is 29.2 Å². The summed E-state index contributed by atoms with van der Waals surface area (Å²) in [6, 6.07) is 6.62. The van der Waals surface area contributed by atoms with Crippen molar-refractivity contribution in [1.82, 2.24) is 0 Å². The standard InChI is InChI=1S/C12H17NO/c1-14-12(8-13)11-6-5-9-3-2-4-10(9)7-11/h5-7,12H,2-4,8,13H2,1H3. The van der Waals surface area contributed by atoms with Gasteiger partial charge in [-0.2, -0.15) is 0 Å². The smallest absolute Gasteiger partial charge is 0.0943 e. The maximum Gasteiger partial charge on any atom is 0.0943 e. The number of fused-ring (bicyclic) bond motifs is 1. The topological polar surface area (TPSA) is 35.2 Å². The van der Waals surface area contributed by atoms with Crippen LogP contribution in [0.2, 0.25) is 0 Å². The zero-order valence-electron chi connectivity index (χ0n) is 8.62. The second-order valence-electron chi connectivity index (χ2n) is 3.84. The lowest BCUT2D eigenvalue weighted by molar-refractivity contribution is 0.110. The van der Waals surface area contributed by atoms with Crippen LogP contribution in [0.3, 0.4) is 0 Å². The summed E-state index contributed by atoms with van der Waals surface area (Å²) in [6.07, 6.45) is 3.79. The van der Waals surface area contributed by atoms with E-state index in [1.54, 1.807) is 7.11 Å². The van der Waals surface area contributed by atoms with Gasteiger partial charge in [0.1, 0.15) is 0 Å². The maximum absolute atomic E-state index is 5.64. The summed E-state index contributed by atoms with van der Waals surface area (Å²) in [4.78, 5) is 0. The van der Waals surface area contributed by atoms with Crippen LogP contribution >= 0.6 is 0 Å². The van der Waals surface area contributed by atoms with E-state index in [4.69, 9.17) is 10.5 Å². The first-order valence-electron chi connectivity index (χ1n) is 5.19. The largest absolute Gasteiger partial charge is 0.375 e. The molecule has 0 saturated heterocycles. The van der Waals surface area contributed by atoms with Gasteiger partial charge in [-0.15, -0.1) is 0 Å². The molecule has 0 heterocycles. The van der Waals surface area contributed by atoms with Crippen LogP contribution in [0.25, 0.3) is 0 Å². The SMILES string of the molecule is COC(CN)c1ccc2c(c1)CCC2. The molecule has 0 spiro atoms. The van der Waals surface area contributed by atoms with Gasteiger partial charge in [-0.3, -0.25) is 0 Å². The van der Waals surface area contributed by atoms with Crippen molar-refractivity contribution in [2.24, 2.45) is 5.73 Å². The van der Waals surface area contributed by atoms with E-state index in [2.05, 4.69) is 18.2 Å². The van der Waals surface area contributed by atoms with Gasteiger partial charge in [0.15, 0.2) is 0 Å². The minimum atomic E-state index is 0.0564. The molecule has 1 aliphatic rings. The number of nitrogens with two attached hydrogens (primary N) is 1. The molecule has 2 rings (SSSR count). The van der Waals surface area contributed by atoms with E-state index in [0.717, 1.165) is 0 Å². The van der Waals surface area contributed by atoms with Crippen molar-refractivity contribution >= 4 is 0 Å². The fourth-order valence-corrected chi connectivity index (χ4v) is 2.16. The quantitative estimate of drug-likeness (QED) is 0.791. The van der Waals surface area contributed by atoms with Gasteiger partial charge in [0, 0.05) is 13.7 Å². The van der Waals surface area contributed by atoms with Gasteiger partial charge in [0.05, 0.1) is 6.10 Å². The van der Waals surface area contributed by atoms with Crippen LogP contribution in [-0.4, -0.2) is 13.7 Å². The summed E-state index contributed by atoms with van der Waals surface area (Å²) in [7, 11) is 1.71. The Morgan fingerprint density at radius 3 is 2.86 bits per heavy atom. The second kappa shape index (κ2) is 4.11. The van der Waals surface area contributed by atoms with Gasteiger partial charge < -0.3 is 10.5 Å². The zero-order valence-corrected chi connectivity index (χ0v) is 8.62. The molecule has 0 fully saturated rings. The molecule has 0 saturated carbocycles. The van der Waals surface area contributed by atoms with Crippen LogP contribution in [0.5, 0.6) is 0 Å². The van der Waals surface area contributed by atoms with Gasteiger partial charge in [0.2, 0.25) is 0 Å². The Morgan fingerprint density at radius 1 is 1.36 bits per heavy atom. The van der Waals surface area contributed by atoms with Crippen LogP contribution in [-0.2, 0) is 17.6 Å². The first-order valence-corrected chi connectivity index (χ1v) is 5.19. The number of aryl methyl sites for hydroxylation is 2. The van der Waals surface area contributed by atoms with E-state index < -0.39 is 0 Å². The lowest BCUT2D eigenvalue weighted by Crippen LogP contribution is -2.14. The summed E-state index contributed by atoms with van der Waals surface area (Å²) in [5, 5.41) is 0. The number of ether oxygens (including phenoxy) is 1. The van der Waals surface area contributed by atoms with Gasteiger partial charge in [-0.25, -0.2) is 0 Å². The molecule has 1 aromatic carbocycles. The van der Waals surface area contributed by atoms with E-state index in [9.17, 15) is 0 Å². The Kier molecular flexibility index (Phi) is 2.85. The summed E-state index contributed by atoms with van der Waals surface area (Å²) in [5.41, 5.74) is 9.84. The second-order valence-corrected chi connectivity index (χ2v) is 3.84. The normalized spacial score (nSPS) is 16.7. The highest BCUT2D eigenvalue weighted by Crippen LogP contribution is 2.26. The molecule has 0 radical (unpaired) electrons. The van der Waals surface area contributed by atoms with Crippen LogP contribution < -0.4 is 5.73 Å². The Hall–Kier alpha value is -0.860. The Balaban J connectivity index is 2.27. The molecule has 2 nitrogen and oxygen atoms in total. The van der Waals surface area contributed by atoms with Gasteiger partial charge >= 0.3 is 0 Å². The highest BCUT2D eigenvalue weighted by Gasteiger charge is 2.14. The third-order valence-electron chi connectivity index (χ3n) is 2.99. The zero-order chi connectivity index (χ0) is 9.97. The third kappa shape index (κ3) is 1.68. The molecule has 0 aromatic heterocycles. The fourth-order valence-electron chi connectivity index (χ4n) is 2.16. The number of benzene rings is 1. The highest BCUT2D eigenvalue weighted by molar-refractivity contribution is 5.36.